The minimum atomic E-state index is -2.10. The van der Waals surface area contributed by atoms with Crippen molar-refractivity contribution in [1.29, 1.82) is 0 Å². The molecule has 1 unspecified atom stereocenters. The van der Waals surface area contributed by atoms with E-state index in [1.54, 1.807) is 0 Å². The minimum absolute atomic E-state index is 0.120. The zero-order valence-corrected chi connectivity index (χ0v) is 7.10. The van der Waals surface area contributed by atoms with Crippen LogP contribution in [0.5, 0.6) is 0 Å². The highest BCUT2D eigenvalue weighted by Gasteiger charge is 2.34. The summed E-state index contributed by atoms with van der Waals surface area (Å²) in [7, 11) is 0. The fourth-order valence-corrected chi connectivity index (χ4v) is 2.62. The monoisotopic (exact) mass is 175 g/mol. The van der Waals surface area contributed by atoms with E-state index >= 15 is 0 Å². The van der Waals surface area contributed by atoms with E-state index in [0.29, 0.717) is 12.1 Å². The van der Waals surface area contributed by atoms with Crippen LogP contribution in [0, 0.1) is 5.92 Å². The molecule has 0 saturated carbocycles. The van der Waals surface area contributed by atoms with Crippen molar-refractivity contribution in [3.63, 3.8) is 0 Å². The Balaban J connectivity index is 1.85. The van der Waals surface area contributed by atoms with Crippen molar-refractivity contribution in [1.82, 2.24) is 5.32 Å². The molecule has 0 aliphatic carbocycles. The molecule has 2 bridgehead atoms. The van der Waals surface area contributed by atoms with E-state index in [1.807, 2.05) is 0 Å². The Morgan fingerprint density at radius 1 is 1.17 bits per heavy atom. The summed E-state index contributed by atoms with van der Waals surface area (Å²) >= 11 is 0. The number of alkyl halides is 2. The van der Waals surface area contributed by atoms with Crippen LogP contribution in [0.3, 0.4) is 0 Å². The standard InChI is InChI=1S/C9H15F2N/c10-9(11)5-6-3-7-1-2-8(4-6)12-7/h6-9,12H,1-5H2/t6?,7-,8+. The zero-order valence-electron chi connectivity index (χ0n) is 7.10. The normalized spacial score (nSPS) is 40.8. The third kappa shape index (κ3) is 1.76. The van der Waals surface area contributed by atoms with Gasteiger partial charge < -0.3 is 5.32 Å². The van der Waals surface area contributed by atoms with Gasteiger partial charge in [-0.15, -0.1) is 0 Å². The highest BCUT2D eigenvalue weighted by molar-refractivity contribution is 4.91. The first-order valence-corrected chi connectivity index (χ1v) is 4.78. The molecule has 2 saturated heterocycles. The minimum Gasteiger partial charge on any atom is -0.311 e. The van der Waals surface area contributed by atoms with Crippen molar-refractivity contribution in [3.05, 3.63) is 0 Å². The van der Waals surface area contributed by atoms with Crippen molar-refractivity contribution in [2.75, 3.05) is 0 Å². The molecule has 1 N–H and O–H groups in total. The van der Waals surface area contributed by atoms with Gasteiger partial charge in [0.15, 0.2) is 0 Å². The largest absolute Gasteiger partial charge is 0.311 e. The van der Waals surface area contributed by atoms with Gasteiger partial charge >= 0.3 is 0 Å². The van der Waals surface area contributed by atoms with E-state index in [-0.39, 0.29) is 12.3 Å². The average Bonchev–Trinajstić information content (AvgIpc) is 2.29. The SMILES string of the molecule is FC(F)CC1C[C@H]2CC[C@@H](C1)N2. The van der Waals surface area contributed by atoms with Gasteiger partial charge in [0.05, 0.1) is 0 Å². The van der Waals surface area contributed by atoms with Gasteiger partial charge in [0.1, 0.15) is 0 Å². The van der Waals surface area contributed by atoms with Crippen LogP contribution in [0.15, 0.2) is 0 Å². The quantitative estimate of drug-likeness (QED) is 0.678. The molecular weight excluding hydrogens is 160 g/mol. The Morgan fingerprint density at radius 3 is 2.25 bits per heavy atom. The Bertz CT molecular complexity index is 149. The van der Waals surface area contributed by atoms with Crippen molar-refractivity contribution >= 4 is 0 Å². The van der Waals surface area contributed by atoms with Gasteiger partial charge in [-0.05, 0) is 31.6 Å². The first-order valence-electron chi connectivity index (χ1n) is 4.78. The second-order valence-electron chi connectivity index (χ2n) is 4.10. The van der Waals surface area contributed by atoms with E-state index in [1.165, 1.54) is 12.8 Å². The summed E-state index contributed by atoms with van der Waals surface area (Å²) in [6.07, 6.45) is 2.36. The second kappa shape index (κ2) is 3.29. The summed E-state index contributed by atoms with van der Waals surface area (Å²) in [5.41, 5.74) is 0. The van der Waals surface area contributed by atoms with E-state index < -0.39 is 6.43 Å². The lowest BCUT2D eigenvalue weighted by Crippen LogP contribution is -2.38. The van der Waals surface area contributed by atoms with Crippen LogP contribution in [0.4, 0.5) is 8.78 Å². The maximum Gasteiger partial charge on any atom is 0.238 e. The van der Waals surface area contributed by atoms with Gasteiger partial charge in [0.2, 0.25) is 6.43 Å². The second-order valence-corrected chi connectivity index (χ2v) is 4.10. The molecule has 3 heteroatoms. The predicted molar refractivity (Wildman–Crippen MR) is 43.3 cm³/mol. The molecule has 1 nitrogen and oxygen atoms in total. The van der Waals surface area contributed by atoms with Gasteiger partial charge in [-0.3, -0.25) is 0 Å². The maximum absolute atomic E-state index is 12.1. The number of fused-ring (bicyclic) bond motifs is 2. The third-order valence-electron chi connectivity index (χ3n) is 3.08. The number of hydrogen-bond donors (Lipinski definition) is 1. The summed E-state index contributed by atoms with van der Waals surface area (Å²) in [5, 5.41) is 3.45. The molecule has 70 valence electrons. The number of nitrogens with one attached hydrogen (secondary N) is 1. The topological polar surface area (TPSA) is 12.0 Å². The van der Waals surface area contributed by atoms with Crippen LogP contribution in [0.2, 0.25) is 0 Å². The Kier molecular flexibility index (Phi) is 2.31. The van der Waals surface area contributed by atoms with Crippen LogP contribution < -0.4 is 5.32 Å². The predicted octanol–water partition coefficient (Wildman–Crippen LogP) is 2.17. The van der Waals surface area contributed by atoms with E-state index in [2.05, 4.69) is 5.32 Å². The number of halogens is 2. The van der Waals surface area contributed by atoms with Gasteiger partial charge in [-0.25, -0.2) is 8.78 Å². The summed E-state index contributed by atoms with van der Waals surface area (Å²) in [5.74, 6) is 0.281. The number of hydrogen-bond acceptors (Lipinski definition) is 1. The molecule has 0 aromatic heterocycles. The third-order valence-corrected chi connectivity index (χ3v) is 3.08. The molecule has 2 aliphatic rings. The average molecular weight is 175 g/mol. The number of rotatable bonds is 2. The molecule has 0 spiro atoms. The van der Waals surface area contributed by atoms with E-state index in [0.717, 1.165) is 12.8 Å². The Hall–Kier alpha value is -0.180. The lowest BCUT2D eigenvalue weighted by molar-refractivity contribution is 0.0993. The van der Waals surface area contributed by atoms with Gasteiger partial charge in [0.25, 0.3) is 0 Å². The van der Waals surface area contributed by atoms with Crippen molar-refractivity contribution in [3.8, 4) is 0 Å². The van der Waals surface area contributed by atoms with Crippen molar-refractivity contribution in [2.45, 2.75) is 50.6 Å². The van der Waals surface area contributed by atoms with E-state index in [4.69, 9.17) is 0 Å². The fraction of sp³-hybridized carbons (Fsp3) is 1.00. The summed E-state index contributed by atoms with van der Waals surface area (Å²) in [4.78, 5) is 0. The summed E-state index contributed by atoms with van der Waals surface area (Å²) < 4.78 is 24.1. The molecular formula is C9H15F2N. The first kappa shape index (κ1) is 8.42. The molecule has 0 aromatic carbocycles. The van der Waals surface area contributed by atoms with Crippen molar-refractivity contribution < 1.29 is 8.78 Å². The highest BCUT2D eigenvalue weighted by atomic mass is 19.3. The van der Waals surface area contributed by atoms with Crippen molar-refractivity contribution in [2.24, 2.45) is 5.92 Å². The summed E-state index contributed by atoms with van der Waals surface area (Å²) in [6, 6.07) is 1.10. The molecule has 2 rings (SSSR count). The molecule has 0 aromatic rings. The van der Waals surface area contributed by atoms with Gasteiger partial charge in [-0.2, -0.15) is 0 Å². The molecule has 12 heavy (non-hydrogen) atoms. The first-order chi connectivity index (χ1) is 5.74. The maximum atomic E-state index is 12.1. The lowest BCUT2D eigenvalue weighted by Gasteiger charge is -2.28. The molecule has 2 aliphatic heterocycles. The van der Waals surface area contributed by atoms with Crippen LogP contribution in [-0.4, -0.2) is 18.5 Å². The van der Waals surface area contributed by atoms with Gasteiger partial charge in [-0.1, -0.05) is 0 Å². The lowest BCUT2D eigenvalue weighted by atomic mass is 9.90. The zero-order chi connectivity index (χ0) is 8.55. The van der Waals surface area contributed by atoms with E-state index in [9.17, 15) is 8.78 Å². The Morgan fingerprint density at radius 2 is 1.75 bits per heavy atom. The highest BCUT2D eigenvalue weighted by Crippen LogP contribution is 2.33. The summed E-state index contributed by atoms with van der Waals surface area (Å²) in [6.45, 7) is 0. The molecule has 0 radical (unpaired) electrons. The van der Waals surface area contributed by atoms with Crippen LogP contribution in [0.25, 0.3) is 0 Å². The molecule has 3 atom stereocenters. The van der Waals surface area contributed by atoms with Crippen LogP contribution in [-0.2, 0) is 0 Å². The molecule has 0 amide bonds. The van der Waals surface area contributed by atoms with Gasteiger partial charge in [0, 0.05) is 18.5 Å². The number of piperidine rings is 1. The molecule has 2 heterocycles. The fourth-order valence-electron chi connectivity index (χ4n) is 2.62. The van der Waals surface area contributed by atoms with Crippen LogP contribution in [0.1, 0.15) is 32.1 Å². The smallest absolute Gasteiger partial charge is 0.238 e. The molecule has 2 fully saturated rings. The Labute approximate surface area is 71.5 Å². The van der Waals surface area contributed by atoms with Crippen LogP contribution >= 0.6 is 0 Å².